The second-order valence-electron chi connectivity index (χ2n) is 5.59. The van der Waals surface area contributed by atoms with Gasteiger partial charge in [0.05, 0.1) is 23.9 Å². The molecule has 2 aromatic rings. The minimum Gasteiger partial charge on any atom is -0.364 e. The molecule has 0 unspecified atom stereocenters. The number of amides is 2. The number of para-hydroxylation sites is 1. The molecule has 1 aromatic carbocycles. The summed E-state index contributed by atoms with van der Waals surface area (Å²) in [6, 6.07) is 9.41. The summed E-state index contributed by atoms with van der Waals surface area (Å²) in [4.78, 5) is 32.9. The molecule has 1 aromatic heterocycles. The fraction of sp³-hybridized carbons (Fsp3) is 0.312. The molecule has 118 valence electrons. The van der Waals surface area contributed by atoms with Gasteiger partial charge in [-0.15, -0.1) is 11.3 Å². The average Bonchev–Trinajstić information content (AvgIpc) is 3.24. The van der Waals surface area contributed by atoms with Gasteiger partial charge in [0.15, 0.2) is 0 Å². The molecule has 2 saturated heterocycles. The lowest BCUT2D eigenvalue weighted by molar-refractivity contribution is -0.130. The first kappa shape index (κ1) is 14.3. The minimum absolute atomic E-state index is 0.0500. The Labute approximate surface area is 137 Å². The predicted octanol–water partition coefficient (Wildman–Crippen LogP) is 1.40. The van der Waals surface area contributed by atoms with Gasteiger partial charge in [0.2, 0.25) is 0 Å². The van der Waals surface area contributed by atoms with Crippen molar-refractivity contribution in [2.75, 3.05) is 24.6 Å². The number of hydrogen-bond acceptors (Lipinski definition) is 5. The number of likely N-dealkylation sites (tertiary alicyclic amines) is 1. The molecule has 2 amide bonds. The molecule has 0 saturated carbocycles. The van der Waals surface area contributed by atoms with Crippen LogP contribution in [0, 0.1) is 0 Å². The molecule has 2 atom stereocenters. The van der Waals surface area contributed by atoms with Crippen molar-refractivity contribution in [3.63, 3.8) is 0 Å². The number of thiazole rings is 1. The molecule has 0 spiro atoms. The van der Waals surface area contributed by atoms with E-state index in [1.165, 1.54) is 11.3 Å². The monoisotopic (exact) mass is 329 g/mol. The van der Waals surface area contributed by atoms with Gasteiger partial charge in [-0.2, -0.15) is 0 Å². The van der Waals surface area contributed by atoms with Crippen molar-refractivity contribution >= 4 is 28.8 Å². The summed E-state index contributed by atoms with van der Waals surface area (Å²) in [6.07, 6.45) is 1.43. The highest BCUT2D eigenvalue weighted by molar-refractivity contribution is 7.11. The Morgan fingerprint density at radius 2 is 2.09 bits per heavy atom. The second kappa shape index (κ2) is 5.75. The molecule has 2 fully saturated rings. The number of ether oxygens (including phenoxy) is 1. The number of rotatable bonds is 2. The molecule has 2 aliphatic heterocycles. The first-order valence-electron chi connectivity index (χ1n) is 7.40. The van der Waals surface area contributed by atoms with E-state index in [1.807, 2.05) is 30.3 Å². The Morgan fingerprint density at radius 3 is 2.83 bits per heavy atom. The fourth-order valence-corrected chi connectivity index (χ4v) is 3.76. The smallest absolute Gasteiger partial charge is 0.265 e. The Hall–Kier alpha value is -2.25. The normalized spacial score (nSPS) is 23.9. The van der Waals surface area contributed by atoms with Gasteiger partial charge >= 0.3 is 0 Å². The van der Waals surface area contributed by atoms with Crippen LogP contribution in [0.15, 0.2) is 42.0 Å². The van der Waals surface area contributed by atoms with Gasteiger partial charge in [0.1, 0.15) is 11.5 Å². The van der Waals surface area contributed by atoms with Gasteiger partial charge in [-0.25, -0.2) is 0 Å². The van der Waals surface area contributed by atoms with E-state index in [2.05, 4.69) is 4.98 Å². The third-order valence-corrected chi connectivity index (χ3v) is 4.98. The van der Waals surface area contributed by atoms with E-state index in [1.54, 1.807) is 21.5 Å². The quantitative estimate of drug-likeness (QED) is 0.835. The van der Waals surface area contributed by atoms with Gasteiger partial charge in [0, 0.05) is 18.8 Å². The highest BCUT2D eigenvalue weighted by Crippen LogP contribution is 2.29. The molecule has 23 heavy (non-hydrogen) atoms. The summed E-state index contributed by atoms with van der Waals surface area (Å²) in [5.41, 5.74) is 2.50. The van der Waals surface area contributed by atoms with Crippen LogP contribution >= 0.6 is 11.3 Å². The molecule has 6 nitrogen and oxygen atoms in total. The molecule has 4 rings (SSSR count). The Morgan fingerprint density at radius 1 is 1.26 bits per heavy atom. The van der Waals surface area contributed by atoms with Crippen molar-refractivity contribution in [2.45, 2.75) is 12.1 Å². The zero-order valence-corrected chi connectivity index (χ0v) is 13.1. The zero-order valence-electron chi connectivity index (χ0n) is 12.3. The highest BCUT2D eigenvalue weighted by atomic mass is 32.1. The van der Waals surface area contributed by atoms with Crippen LogP contribution in [0.3, 0.4) is 0 Å². The largest absolute Gasteiger partial charge is 0.364 e. The number of hydrogen-bond donors (Lipinski definition) is 0. The maximum Gasteiger partial charge on any atom is 0.265 e. The van der Waals surface area contributed by atoms with Crippen LogP contribution in [0.2, 0.25) is 0 Å². The predicted molar refractivity (Wildman–Crippen MR) is 85.5 cm³/mol. The van der Waals surface area contributed by atoms with Crippen LogP contribution in [0.5, 0.6) is 0 Å². The number of fused-ring (bicyclic) bond motifs is 1. The van der Waals surface area contributed by atoms with Crippen LogP contribution in [0.25, 0.3) is 0 Å². The maximum atomic E-state index is 12.5. The van der Waals surface area contributed by atoms with E-state index in [0.29, 0.717) is 18.0 Å². The SMILES string of the molecule is O=C(c1cncs1)N1C[C@@H]2OCC(=O)N(c3ccccc3)[C@H]2C1. The van der Waals surface area contributed by atoms with Crippen LogP contribution in [0.1, 0.15) is 9.67 Å². The van der Waals surface area contributed by atoms with Crippen molar-refractivity contribution < 1.29 is 14.3 Å². The Bertz CT molecular complexity index is 719. The van der Waals surface area contributed by atoms with Crippen molar-refractivity contribution in [1.82, 2.24) is 9.88 Å². The molecule has 0 bridgehead atoms. The summed E-state index contributed by atoms with van der Waals surface area (Å²) in [6.45, 7) is 1.03. The summed E-state index contributed by atoms with van der Waals surface area (Å²) in [7, 11) is 0. The van der Waals surface area contributed by atoms with E-state index in [-0.39, 0.29) is 30.6 Å². The number of morpholine rings is 1. The lowest BCUT2D eigenvalue weighted by atomic mass is 10.1. The van der Waals surface area contributed by atoms with Gasteiger partial charge in [-0.05, 0) is 12.1 Å². The van der Waals surface area contributed by atoms with Crippen LogP contribution in [0.4, 0.5) is 5.69 Å². The van der Waals surface area contributed by atoms with Gasteiger partial charge in [-0.3, -0.25) is 14.6 Å². The third-order valence-electron chi connectivity index (χ3n) is 4.22. The Balaban J connectivity index is 1.59. The molecule has 7 heteroatoms. The molecule has 0 aliphatic carbocycles. The number of carbonyl (C=O) groups excluding carboxylic acids is 2. The van der Waals surface area contributed by atoms with Crippen molar-refractivity contribution in [3.8, 4) is 0 Å². The lowest BCUT2D eigenvalue weighted by Gasteiger charge is -2.36. The van der Waals surface area contributed by atoms with Gasteiger partial charge in [0.25, 0.3) is 11.8 Å². The third kappa shape index (κ3) is 2.51. The van der Waals surface area contributed by atoms with E-state index in [4.69, 9.17) is 4.74 Å². The van der Waals surface area contributed by atoms with E-state index < -0.39 is 0 Å². The summed E-state index contributed by atoms with van der Waals surface area (Å²) >= 11 is 1.33. The minimum atomic E-state index is -0.148. The van der Waals surface area contributed by atoms with E-state index in [9.17, 15) is 9.59 Å². The molecular formula is C16H15N3O3S. The van der Waals surface area contributed by atoms with Crippen LogP contribution in [-0.4, -0.2) is 53.5 Å². The summed E-state index contributed by atoms with van der Waals surface area (Å²) in [5, 5.41) is 0. The number of nitrogens with zero attached hydrogens (tertiary/aromatic N) is 3. The Kier molecular flexibility index (Phi) is 3.59. The van der Waals surface area contributed by atoms with E-state index >= 15 is 0 Å². The summed E-state index contributed by atoms with van der Waals surface area (Å²) < 4.78 is 5.67. The molecular weight excluding hydrogens is 314 g/mol. The standard InChI is InChI=1S/C16H15N3O3S/c20-15-9-22-13-8-18(16(21)14-6-17-10-23-14)7-12(13)19(15)11-4-2-1-3-5-11/h1-6,10,12-13H,7-9H2/t12-,13-/m0/s1. The van der Waals surface area contributed by atoms with Crippen molar-refractivity contribution in [2.24, 2.45) is 0 Å². The topological polar surface area (TPSA) is 62.7 Å². The number of aromatic nitrogens is 1. The summed E-state index contributed by atoms with van der Waals surface area (Å²) in [5.74, 6) is -0.115. The van der Waals surface area contributed by atoms with E-state index in [0.717, 1.165) is 5.69 Å². The maximum absolute atomic E-state index is 12.5. The van der Waals surface area contributed by atoms with Crippen LogP contribution in [-0.2, 0) is 9.53 Å². The second-order valence-corrected chi connectivity index (χ2v) is 6.48. The van der Waals surface area contributed by atoms with Crippen LogP contribution < -0.4 is 4.90 Å². The molecule has 0 radical (unpaired) electrons. The van der Waals surface area contributed by atoms with Crippen molar-refractivity contribution in [1.29, 1.82) is 0 Å². The molecule has 3 heterocycles. The number of benzene rings is 1. The number of anilines is 1. The fourth-order valence-electron chi connectivity index (χ4n) is 3.17. The van der Waals surface area contributed by atoms with Crippen molar-refractivity contribution in [3.05, 3.63) is 46.9 Å². The van der Waals surface area contributed by atoms with Gasteiger partial charge in [-0.1, -0.05) is 18.2 Å². The molecule has 2 aliphatic rings. The first-order valence-corrected chi connectivity index (χ1v) is 8.28. The molecule has 0 N–H and O–H groups in total. The van der Waals surface area contributed by atoms with Gasteiger partial charge < -0.3 is 14.5 Å². The first-order chi connectivity index (χ1) is 11.2. The highest BCUT2D eigenvalue weighted by Gasteiger charge is 2.45. The lowest BCUT2D eigenvalue weighted by Crippen LogP contribution is -2.54. The zero-order chi connectivity index (χ0) is 15.8. The number of carbonyl (C=O) groups is 2. The average molecular weight is 329 g/mol.